The van der Waals surface area contributed by atoms with Crippen LogP contribution in [0.15, 0.2) is 6.07 Å². The molecule has 0 spiro atoms. The molecule has 0 atom stereocenters. The van der Waals surface area contributed by atoms with Gasteiger partial charge in [0, 0.05) is 5.69 Å². The molecule has 1 rings (SSSR count). The number of carbonyl (C=O) groups excluding carboxylic acids is 1. The largest absolute Gasteiger partial charge is 0.477 e. The summed E-state index contributed by atoms with van der Waals surface area (Å²) in [6.07, 6.45) is -4.52. The van der Waals surface area contributed by atoms with Gasteiger partial charge >= 0.3 is 12.1 Å². The average Bonchev–Trinajstić information content (AvgIpc) is 2.57. The lowest BCUT2D eigenvalue weighted by Gasteiger charge is -2.07. The molecule has 0 radical (unpaired) electrons. The van der Waals surface area contributed by atoms with E-state index in [4.69, 9.17) is 5.11 Å². The van der Waals surface area contributed by atoms with Crippen LogP contribution in [-0.2, 0) is 9.53 Å². The molecule has 0 aromatic carbocycles. The maximum atomic E-state index is 11.8. The summed E-state index contributed by atoms with van der Waals surface area (Å²) < 4.78 is 39.4. The van der Waals surface area contributed by atoms with Crippen molar-refractivity contribution < 1.29 is 32.6 Å². The van der Waals surface area contributed by atoms with E-state index in [1.54, 1.807) is 6.92 Å². The number of H-pyrrole nitrogens is 1. The lowest BCUT2D eigenvalue weighted by Crippen LogP contribution is -2.24. The lowest BCUT2D eigenvalue weighted by molar-refractivity contribution is -0.174. The molecule has 6 nitrogen and oxygen atoms in total. The van der Waals surface area contributed by atoms with E-state index in [-0.39, 0.29) is 11.4 Å². The van der Waals surface area contributed by atoms with E-state index in [0.717, 1.165) is 0 Å². The van der Waals surface area contributed by atoms with Crippen LogP contribution in [0.5, 0.6) is 0 Å². The van der Waals surface area contributed by atoms with Gasteiger partial charge in [0.05, 0.1) is 5.69 Å². The van der Waals surface area contributed by atoms with Gasteiger partial charge in [0.25, 0.3) is 0 Å². The molecule has 106 valence electrons. The molecule has 0 bridgehead atoms. The van der Waals surface area contributed by atoms with Crippen molar-refractivity contribution in [2.45, 2.75) is 13.1 Å². The molecule has 0 aliphatic carbocycles. The molecule has 0 aliphatic rings. The first-order valence-corrected chi connectivity index (χ1v) is 5.06. The summed E-state index contributed by atoms with van der Waals surface area (Å²) in [7, 11) is 0. The number of alkyl halides is 3. The number of carboxylic acids is 1. The number of nitrogens with one attached hydrogen (secondary N) is 2. The second kappa shape index (κ2) is 5.74. The zero-order chi connectivity index (χ0) is 14.6. The molecule has 0 unspecified atom stereocenters. The van der Waals surface area contributed by atoms with E-state index in [1.165, 1.54) is 6.07 Å². The van der Waals surface area contributed by atoms with Crippen LogP contribution in [0.4, 0.5) is 18.9 Å². The highest BCUT2D eigenvalue weighted by atomic mass is 19.4. The summed E-state index contributed by atoms with van der Waals surface area (Å²) in [5.41, 5.74) is 0.219. The SMILES string of the molecule is Cc1cc(NC(=O)COCC(F)(F)F)c(C(=O)O)[nH]1. The van der Waals surface area contributed by atoms with Gasteiger partial charge < -0.3 is 20.1 Å². The van der Waals surface area contributed by atoms with Gasteiger partial charge in [-0.15, -0.1) is 0 Å². The van der Waals surface area contributed by atoms with Gasteiger partial charge in [-0.2, -0.15) is 13.2 Å². The third kappa shape index (κ3) is 5.00. The summed E-state index contributed by atoms with van der Waals surface area (Å²) >= 11 is 0. The van der Waals surface area contributed by atoms with E-state index < -0.39 is 31.3 Å². The molecule has 1 heterocycles. The summed E-state index contributed by atoms with van der Waals surface area (Å²) in [5.74, 6) is -2.16. The number of aromatic amines is 1. The Kier molecular flexibility index (Phi) is 4.54. The van der Waals surface area contributed by atoms with Gasteiger partial charge in [-0.1, -0.05) is 0 Å². The van der Waals surface area contributed by atoms with Crippen molar-refractivity contribution in [3.05, 3.63) is 17.5 Å². The highest BCUT2D eigenvalue weighted by molar-refractivity contribution is 6.00. The molecule has 0 saturated carbocycles. The van der Waals surface area contributed by atoms with Gasteiger partial charge in [-0.3, -0.25) is 4.79 Å². The minimum atomic E-state index is -4.52. The zero-order valence-corrected chi connectivity index (χ0v) is 9.80. The fourth-order valence-corrected chi connectivity index (χ4v) is 1.30. The highest BCUT2D eigenvalue weighted by Crippen LogP contribution is 2.17. The third-order valence-corrected chi connectivity index (χ3v) is 1.94. The standard InChI is InChI=1S/C10H11F3N2O4/c1-5-2-6(8(14-5)9(17)18)15-7(16)3-19-4-10(11,12)13/h2,14H,3-4H2,1H3,(H,15,16)(H,17,18). The summed E-state index contributed by atoms with van der Waals surface area (Å²) in [6.45, 7) is -0.788. The van der Waals surface area contributed by atoms with E-state index in [9.17, 15) is 22.8 Å². The molecule has 1 aromatic rings. The van der Waals surface area contributed by atoms with Crippen molar-refractivity contribution in [1.29, 1.82) is 0 Å². The van der Waals surface area contributed by atoms with Crippen molar-refractivity contribution in [1.82, 2.24) is 4.98 Å². The first-order valence-electron chi connectivity index (χ1n) is 5.06. The topological polar surface area (TPSA) is 91.4 Å². The average molecular weight is 280 g/mol. The Labute approximate surface area is 105 Å². The second-order valence-corrected chi connectivity index (χ2v) is 3.70. The number of hydrogen-bond donors (Lipinski definition) is 3. The van der Waals surface area contributed by atoms with Crippen molar-refractivity contribution >= 4 is 17.6 Å². The van der Waals surface area contributed by atoms with Crippen LogP contribution in [0.3, 0.4) is 0 Å². The van der Waals surface area contributed by atoms with Crippen LogP contribution in [0.1, 0.15) is 16.2 Å². The Morgan fingerprint density at radius 3 is 2.63 bits per heavy atom. The maximum absolute atomic E-state index is 11.8. The summed E-state index contributed by atoms with van der Waals surface area (Å²) in [5, 5.41) is 11.0. The van der Waals surface area contributed by atoms with Gasteiger partial charge in [-0.05, 0) is 13.0 Å². The quantitative estimate of drug-likeness (QED) is 0.763. The van der Waals surface area contributed by atoms with Gasteiger partial charge in [0.2, 0.25) is 5.91 Å². The molecule has 9 heteroatoms. The Morgan fingerprint density at radius 1 is 1.47 bits per heavy atom. The zero-order valence-electron chi connectivity index (χ0n) is 9.80. The predicted octanol–water partition coefficient (Wildman–Crippen LogP) is 1.54. The minimum Gasteiger partial charge on any atom is -0.477 e. The Bertz CT molecular complexity index is 482. The monoisotopic (exact) mass is 280 g/mol. The number of anilines is 1. The molecular formula is C10H11F3N2O4. The highest BCUT2D eigenvalue weighted by Gasteiger charge is 2.27. The number of amides is 1. The Hall–Kier alpha value is -2.03. The Balaban J connectivity index is 2.55. The van der Waals surface area contributed by atoms with E-state index in [2.05, 4.69) is 15.0 Å². The normalized spacial score (nSPS) is 11.4. The predicted molar refractivity (Wildman–Crippen MR) is 58.0 cm³/mol. The van der Waals surface area contributed by atoms with Crippen LogP contribution >= 0.6 is 0 Å². The van der Waals surface area contributed by atoms with Crippen LogP contribution in [-0.4, -0.2) is 41.4 Å². The van der Waals surface area contributed by atoms with Crippen molar-refractivity contribution in [3.63, 3.8) is 0 Å². The van der Waals surface area contributed by atoms with Crippen molar-refractivity contribution in [2.75, 3.05) is 18.5 Å². The van der Waals surface area contributed by atoms with Crippen molar-refractivity contribution in [3.8, 4) is 0 Å². The van der Waals surface area contributed by atoms with Crippen LogP contribution in [0.25, 0.3) is 0 Å². The molecule has 0 saturated heterocycles. The second-order valence-electron chi connectivity index (χ2n) is 3.70. The van der Waals surface area contributed by atoms with E-state index in [1.807, 2.05) is 0 Å². The first kappa shape index (κ1) is 15.0. The summed E-state index contributed by atoms with van der Waals surface area (Å²) in [4.78, 5) is 24.6. The molecule has 3 N–H and O–H groups in total. The number of carboxylic acid groups (broad SMARTS) is 1. The fraction of sp³-hybridized carbons (Fsp3) is 0.400. The number of aromatic carboxylic acids is 1. The van der Waals surface area contributed by atoms with Gasteiger partial charge in [-0.25, -0.2) is 4.79 Å². The fourth-order valence-electron chi connectivity index (χ4n) is 1.30. The number of halogens is 3. The van der Waals surface area contributed by atoms with Crippen LogP contribution in [0.2, 0.25) is 0 Å². The van der Waals surface area contributed by atoms with Gasteiger partial charge in [0.15, 0.2) is 0 Å². The number of rotatable bonds is 5. The number of ether oxygens (including phenoxy) is 1. The Morgan fingerprint density at radius 2 is 2.11 bits per heavy atom. The molecule has 0 aliphatic heterocycles. The smallest absolute Gasteiger partial charge is 0.411 e. The third-order valence-electron chi connectivity index (χ3n) is 1.94. The molecule has 0 fully saturated rings. The molecule has 19 heavy (non-hydrogen) atoms. The molecule has 1 aromatic heterocycles. The number of aromatic nitrogens is 1. The number of carbonyl (C=O) groups is 2. The lowest BCUT2D eigenvalue weighted by atomic mass is 10.3. The molecular weight excluding hydrogens is 269 g/mol. The van der Waals surface area contributed by atoms with Crippen molar-refractivity contribution in [2.24, 2.45) is 0 Å². The van der Waals surface area contributed by atoms with E-state index in [0.29, 0.717) is 5.69 Å². The van der Waals surface area contributed by atoms with Gasteiger partial charge in [0.1, 0.15) is 18.9 Å². The van der Waals surface area contributed by atoms with Crippen LogP contribution < -0.4 is 5.32 Å². The minimum absolute atomic E-state index is 0.0226. The maximum Gasteiger partial charge on any atom is 0.411 e. The van der Waals surface area contributed by atoms with E-state index >= 15 is 0 Å². The first-order chi connectivity index (χ1) is 8.69. The summed E-state index contributed by atoms with van der Waals surface area (Å²) in [6, 6.07) is 1.35. The number of aryl methyl sites for hydroxylation is 1. The van der Waals surface area contributed by atoms with Crippen LogP contribution in [0, 0.1) is 6.92 Å². The number of hydrogen-bond acceptors (Lipinski definition) is 3. The molecule has 1 amide bonds.